The topological polar surface area (TPSA) is 54.9 Å². The summed E-state index contributed by atoms with van der Waals surface area (Å²) in [4.78, 5) is 16.4. The molecule has 1 amide bonds. The third-order valence-electron chi connectivity index (χ3n) is 3.86. The number of pyridine rings is 1. The highest BCUT2D eigenvalue weighted by atomic mass is 32.1. The Hall–Kier alpha value is -2.27. The van der Waals surface area contributed by atoms with Gasteiger partial charge in [-0.15, -0.1) is 0 Å². The standard InChI is InChI=1S/C16H13N3OS/c20-16(14-7-13(14)10-2-1-5-17-8-10)19-12-4-3-11-9-18-21-15(11)6-12/h1-6,8-9,13-14H,7H2,(H,19,20)/t13-,14+/m0/s1. The van der Waals surface area contributed by atoms with E-state index < -0.39 is 0 Å². The Morgan fingerprint density at radius 3 is 3.10 bits per heavy atom. The molecule has 0 aliphatic heterocycles. The molecule has 5 heteroatoms. The Morgan fingerprint density at radius 2 is 2.24 bits per heavy atom. The van der Waals surface area contributed by atoms with E-state index in [0.717, 1.165) is 27.8 Å². The largest absolute Gasteiger partial charge is 0.326 e. The van der Waals surface area contributed by atoms with Crippen LogP contribution in [0.4, 0.5) is 5.69 Å². The van der Waals surface area contributed by atoms with Gasteiger partial charge in [-0.3, -0.25) is 9.78 Å². The van der Waals surface area contributed by atoms with Crippen LogP contribution in [-0.2, 0) is 4.79 Å². The van der Waals surface area contributed by atoms with Gasteiger partial charge in [-0.05, 0) is 53.7 Å². The molecule has 2 atom stereocenters. The molecule has 2 heterocycles. The van der Waals surface area contributed by atoms with E-state index in [2.05, 4.69) is 14.7 Å². The zero-order valence-electron chi connectivity index (χ0n) is 11.2. The van der Waals surface area contributed by atoms with Crippen molar-refractivity contribution >= 4 is 33.2 Å². The number of amides is 1. The van der Waals surface area contributed by atoms with Crippen molar-refractivity contribution in [1.82, 2.24) is 9.36 Å². The van der Waals surface area contributed by atoms with Crippen molar-refractivity contribution in [3.63, 3.8) is 0 Å². The van der Waals surface area contributed by atoms with Gasteiger partial charge in [0.25, 0.3) is 0 Å². The summed E-state index contributed by atoms with van der Waals surface area (Å²) >= 11 is 1.44. The normalized spacial score (nSPS) is 20.4. The van der Waals surface area contributed by atoms with Crippen molar-refractivity contribution < 1.29 is 4.79 Å². The second kappa shape index (κ2) is 4.93. The van der Waals surface area contributed by atoms with E-state index in [1.165, 1.54) is 11.5 Å². The minimum absolute atomic E-state index is 0.0614. The molecule has 0 spiro atoms. The minimum atomic E-state index is 0.0614. The molecule has 104 valence electrons. The maximum absolute atomic E-state index is 12.3. The predicted molar refractivity (Wildman–Crippen MR) is 83.3 cm³/mol. The fourth-order valence-corrected chi connectivity index (χ4v) is 3.31. The molecular weight excluding hydrogens is 282 g/mol. The van der Waals surface area contributed by atoms with Crippen LogP contribution < -0.4 is 5.32 Å². The maximum Gasteiger partial charge on any atom is 0.228 e. The average molecular weight is 295 g/mol. The molecule has 0 radical (unpaired) electrons. The van der Waals surface area contributed by atoms with Gasteiger partial charge in [0.2, 0.25) is 5.91 Å². The van der Waals surface area contributed by atoms with Crippen LogP contribution in [0.25, 0.3) is 10.1 Å². The number of rotatable bonds is 3. The zero-order valence-corrected chi connectivity index (χ0v) is 12.0. The van der Waals surface area contributed by atoms with Crippen molar-refractivity contribution in [2.45, 2.75) is 12.3 Å². The van der Waals surface area contributed by atoms with Crippen LogP contribution in [0.5, 0.6) is 0 Å². The molecule has 1 aliphatic carbocycles. The molecule has 4 nitrogen and oxygen atoms in total. The lowest BCUT2D eigenvalue weighted by atomic mass is 10.1. The molecule has 4 rings (SSSR count). The molecular formula is C16H13N3OS. The number of fused-ring (bicyclic) bond motifs is 1. The number of hydrogen-bond acceptors (Lipinski definition) is 4. The van der Waals surface area contributed by atoms with Crippen molar-refractivity contribution in [2.24, 2.45) is 5.92 Å². The van der Waals surface area contributed by atoms with Gasteiger partial charge in [0.05, 0.1) is 4.70 Å². The van der Waals surface area contributed by atoms with Crippen LogP contribution in [0.1, 0.15) is 17.9 Å². The van der Waals surface area contributed by atoms with E-state index >= 15 is 0 Å². The summed E-state index contributed by atoms with van der Waals surface area (Å²) in [6, 6.07) is 9.84. The number of aromatic nitrogens is 2. The number of carbonyl (C=O) groups is 1. The van der Waals surface area contributed by atoms with E-state index in [9.17, 15) is 4.79 Å². The summed E-state index contributed by atoms with van der Waals surface area (Å²) in [6.45, 7) is 0. The number of benzene rings is 1. The van der Waals surface area contributed by atoms with Gasteiger partial charge in [-0.25, -0.2) is 0 Å². The van der Waals surface area contributed by atoms with Crippen molar-refractivity contribution in [2.75, 3.05) is 5.32 Å². The first-order valence-corrected chi connectivity index (χ1v) is 7.64. The Balaban J connectivity index is 1.47. The second-order valence-corrected chi connectivity index (χ2v) is 6.14. The third kappa shape index (κ3) is 2.40. The number of carbonyl (C=O) groups excluding carboxylic acids is 1. The highest BCUT2D eigenvalue weighted by molar-refractivity contribution is 7.13. The van der Waals surface area contributed by atoms with E-state index in [1.54, 1.807) is 6.20 Å². The Morgan fingerprint density at radius 1 is 1.29 bits per heavy atom. The quantitative estimate of drug-likeness (QED) is 0.805. The van der Waals surface area contributed by atoms with Gasteiger partial charge in [-0.2, -0.15) is 4.37 Å². The predicted octanol–water partition coefficient (Wildman–Crippen LogP) is 3.43. The molecule has 3 aromatic rings. The summed E-state index contributed by atoms with van der Waals surface area (Å²) in [5, 5.41) is 4.11. The lowest BCUT2D eigenvalue weighted by Crippen LogP contribution is -2.14. The van der Waals surface area contributed by atoms with Gasteiger partial charge in [0.1, 0.15) is 0 Å². The number of anilines is 1. The second-order valence-electron chi connectivity index (χ2n) is 5.30. The molecule has 2 aromatic heterocycles. The van der Waals surface area contributed by atoms with Crippen molar-refractivity contribution in [1.29, 1.82) is 0 Å². The maximum atomic E-state index is 12.3. The van der Waals surface area contributed by atoms with E-state index in [1.807, 2.05) is 42.7 Å². The van der Waals surface area contributed by atoms with Crippen LogP contribution in [-0.4, -0.2) is 15.3 Å². The molecule has 21 heavy (non-hydrogen) atoms. The Labute approximate surface area is 126 Å². The Kier molecular flexibility index (Phi) is 2.93. The van der Waals surface area contributed by atoms with Crippen molar-refractivity contribution in [3.05, 3.63) is 54.5 Å². The van der Waals surface area contributed by atoms with Gasteiger partial charge in [0, 0.05) is 35.6 Å². The van der Waals surface area contributed by atoms with Crippen LogP contribution in [0.15, 0.2) is 48.9 Å². The molecule has 1 aliphatic rings. The van der Waals surface area contributed by atoms with E-state index in [4.69, 9.17) is 0 Å². The highest BCUT2D eigenvalue weighted by Gasteiger charge is 2.44. The molecule has 0 saturated heterocycles. The minimum Gasteiger partial charge on any atom is -0.326 e. The highest BCUT2D eigenvalue weighted by Crippen LogP contribution is 2.47. The number of nitrogens with one attached hydrogen (secondary N) is 1. The Bertz CT molecular complexity index is 799. The first kappa shape index (κ1) is 12.5. The number of nitrogens with zero attached hydrogens (tertiary/aromatic N) is 2. The van der Waals surface area contributed by atoms with Crippen LogP contribution >= 0.6 is 11.5 Å². The molecule has 0 unspecified atom stereocenters. The average Bonchev–Trinajstić information content (AvgIpc) is 3.19. The summed E-state index contributed by atoms with van der Waals surface area (Å²) in [7, 11) is 0. The van der Waals surface area contributed by atoms with Gasteiger partial charge >= 0.3 is 0 Å². The van der Waals surface area contributed by atoms with E-state index in [0.29, 0.717) is 5.92 Å². The van der Waals surface area contributed by atoms with Gasteiger partial charge in [0.15, 0.2) is 0 Å². The monoisotopic (exact) mass is 295 g/mol. The SMILES string of the molecule is O=C(Nc1ccc2cnsc2c1)[C@@H]1C[C@H]1c1cccnc1. The van der Waals surface area contributed by atoms with Crippen LogP contribution in [0.2, 0.25) is 0 Å². The lowest BCUT2D eigenvalue weighted by Gasteiger charge is -2.05. The van der Waals surface area contributed by atoms with Gasteiger partial charge in [-0.1, -0.05) is 6.07 Å². The smallest absolute Gasteiger partial charge is 0.228 e. The van der Waals surface area contributed by atoms with Crippen molar-refractivity contribution in [3.8, 4) is 0 Å². The van der Waals surface area contributed by atoms with E-state index in [-0.39, 0.29) is 11.8 Å². The summed E-state index contributed by atoms with van der Waals surface area (Å²) < 4.78 is 5.23. The summed E-state index contributed by atoms with van der Waals surface area (Å²) in [6.07, 6.45) is 6.35. The zero-order chi connectivity index (χ0) is 14.2. The molecule has 1 aromatic carbocycles. The number of hydrogen-bond donors (Lipinski definition) is 1. The van der Waals surface area contributed by atoms with Crippen LogP contribution in [0, 0.1) is 5.92 Å². The lowest BCUT2D eigenvalue weighted by molar-refractivity contribution is -0.117. The molecule has 1 fully saturated rings. The molecule has 0 bridgehead atoms. The fraction of sp³-hybridized carbons (Fsp3) is 0.188. The fourth-order valence-electron chi connectivity index (χ4n) is 2.62. The molecule has 1 N–H and O–H groups in total. The van der Waals surface area contributed by atoms with Crippen LogP contribution in [0.3, 0.4) is 0 Å². The molecule has 1 saturated carbocycles. The van der Waals surface area contributed by atoms with Gasteiger partial charge < -0.3 is 5.32 Å². The third-order valence-corrected chi connectivity index (χ3v) is 4.62. The first-order valence-electron chi connectivity index (χ1n) is 6.86. The first-order chi connectivity index (χ1) is 10.3. The summed E-state index contributed by atoms with van der Waals surface area (Å²) in [5.41, 5.74) is 1.99. The summed E-state index contributed by atoms with van der Waals surface area (Å²) in [5.74, 6) is 0.463.